The minimum atomic E-state index is -1.68. The van der Waals surface area contributed by atoms with E-state index in [1.54, 1.807) is 0 Å². The van der Waals surface area contributed by atoms with Crippen molar-refractivity contribution >= 4 is 8.32 Å². The molecule has 0 aromatic heterocycles. The Morgan fingerprint density at radius 3 is 2.40 bits per heavy atom. The van der Waals surface area contributed by atoms with Gasteiger partial charge in [-0.2, -0.15) is 0 Å². The first-order chi connectivity index (χ1) is 6.74. The van der Waals surface area contributed by atoms with E-state index in [1.807, 2.05) is 0 Å². The third-order valence-electron chi connectivity index (χ3n) is 3.58. The lowest BCUT2D eigenvalue weighted by Crippen LogP contribution is -2.40. The van der Waals surface area contributed by atoms with Gasteiger partial charge < -0.3 is 4.43 Å². The molecule has 86 valence electrons. The van der Waals surface area contributed by atoms with Crippen LogP contribution in [0.25, 0.3) is 0 Å². The molecule has 1 nitrogen and oxygen atoms in total. The summed E-state index contributed by atoms with van der Waals surface area (Å²) >= 11 is 0. The SMILES string of the molecule is C=C(O[Si](C)(C)C(C)(C)C)C1=CCCC1. The molecule has 0 amide bonds. The Bertz CT molecular complexity index is 281. The van der Waals surface area contributed by atoms with Gasteiger partial charge >= 0.3 is 0 Å². The van der Waals surface area contributed by atoms with Gasteiger partial charge in [-0.15, -0.1) is 0 Å². The second kappa shape index (κ2) is 4.16. The molecule has 0 saturated carbocycles. The van der Waals surface area contributed by atoms with Crippen LogP contribution in [0.5, 0.6) is 0 Å². The van der Waals surface area contributed by atoms with Gasteiger partial charge in [-0.3, -0.25) is 0 Å². The van der Waals surface area contributed by atoms with Crippen molar-refractivity contribution in [2.75, 3.05) is 0 Å². The first-order valence-corrected chi connectivity index (χ1v) is 8.72. The predicted octanol–water partition coefficient (Wildman–Crippen LogP) is 4.63. The van der Waals surface area contributed by atoms with Gasteiger partial charge in [0.25, 0.3) is 0 Å². The molecule has 0 saturated heterocycles. The van der Waals surface area contributed by atoms with Gasteiger partial charge in [0.05, 0.1) is 5.76 Å². The quantitative estimate of drug-likeness (QED) is 0.501. The molecule has 0 spiro atoms. The lowest BCUT2D eigenvalue weighted by atomic mass is 10.2. The maximum atomic E-state index is 6.16. The first-order valence-electron chi connectivity index (χ1n) is 5.81. The summed E-state index contributed by atoms with van der Waals surface area (Å²) in [5.41, 5.74) is 1.33. The highest BCUT2D eigenvalue weighted by atomic mass is 28.4. The van der Waals surface area contributed by atoms with Crippen LogP contribution < -0.4 is 0 Å². The Morgan fingerprint density at radius 1 is 1.40 bits per heavy atom. The molecule has 0 N–H and O–H groups in total. The van der Waals surface area contributed by atoms with Crippen molar-refractivity contribution in [1.82, 2.24) is 0 Å². The largest absolute Gasteiger partial charge is 0.544 e. The molecular formula is C13H24OSi. The summed E-state index contributed by atoms with van der Waals surface area (Å²) in [6, 6.07) is 0. The van der Waals surface area contributed by atoms with Crippen molar-refractivity contribution in [3.63, 3.8) is 0 Å². The Kier molecular flexibility index (Phi) is 3.49. The maximum Gasteiger partial charge on any atom is 0.250 e. The molecular weight excluding hydrogens is 200 g/mol. The fraction of sp³-hybridized carbons (Fsp3) is 0.692. The van der Waals surface area contributed by atoms with Crippen LogP contribution in [0.15, 0.2) is 24.0 Å². The van der Waals surface area contributed by atoms with E-state index in [4.69, 9.17) is 4.43 Å². The minimum absolute atomic E-state index is 0.259. The van der Waals surface area contributed by atoms with E-state index < -0.39 is 8.32 Å². The summed E-state index contributed by atoms with van der Waals surface area (Å²) in [5.74, 6) is 0.930. The molecule has 0 unspecified atom stereocenters. The molecule has 15 heavy (non-hydrogen) atoms. The Morgan fingerprint density at radius 2 is 2.00 bits per heavy atom. The highest BCUT2D eigenvalue weighted by Crippen LogP contribution is 2.39. The van der Waals surface area contributed by atoms with Crippen LogP contribution in [0, 0.1) is 0 Å². The van der Waals surface area contributed by atoms with Crippen LogP contribution >= 0.6 is 0 Å². The third kappa shape index (κ3) is 2.97. The van der Waals surface area contributed by atoms with Crippen LogP contribution in [-0.4, -0.2) is 8.32 Å². The second-order valence-electron chi connectivity index (χ2n) is 5.91. The van der Waals surface area contributed by atoms with Crippen LogP contribution in [0.1, 0.15) is 40.0 Å². The number of allylic oxidation sites excluding steroid dienone is 2. The van der Waals surface area contributed by atoms with E-state index in [2.05, 4.69) is 46.5 Å². The summed E-state index contributed by atoms with van der Waals surface area (Å²) < 4.78 is 6.16. The van der Waals surface area contributed by atoms with Crippen molar-refractivity contribution in [1.29, 1.82) is 0 Å². The molecule has 1 aliphatic rings. The van der Waals surface area contributed by atoms with Gasteiger partial charge in [0.1, 0.15) is 0 Å². The van der Waals surface area contributed by atoms with Gasteiger partial charge in [-0.25, -0.2) is 0 Å². The van der Waals surface area contributed by atoms with Gasteiger partial charge in [0.2, 0.25) is 8.32 Å². The second-order valence-corrected chi connectivity index (χ2v) is 10.6. The summed E-state index contributed by atoms with van der Waals surface area (Å²) in [6.45, 7) is 15.4. The van der Waals surface area contributed by atoms with Crippen LogP contribution in [0.3, 0.4) is 0 Å². The molecule has 0 fully saturated rings. The topological polar surface area (TPSA) is 9.23 Å². The van der Waals surface area contributed by atoms with E-state index >= 15 is 0 Å². The van der Waals surface area contributed by atoms with Gasteiger partial charge in [-0.1, -0.05) is 33.4 Å². The fourth-order valence-corrected chi connectivity index (χ4v) is 2.50. The smallest absolute Gasteiger partial charge is 0.250 e. The van der Waals surface area contributed by atoms with Crippen LogP contribution in [0.2, 0.25) is 18.1 Å². The highest BCUT2D eigenvalue weighted by molar-refractivity contribution is 6.74. The van der Waals surface area contributed by atoms with Crippen molar-refractivity contribution in [2.45, 2.75) is 58.2 Å². The van der Waals surface area contributed by atoms with E-state index in [0.717, 1.165) is 12.2 Å². The maximum absolute atomic E-state index is 6.16. The Labute approximate surface area is 95.4 Å². The average Bonchev–Trinajstić information content (AvgIpc) is 2.51. The lowest BCUT2D eigenvalue weighted by Gasteiger charge is -2.37. The average molecular weight is 224 g/mol. The molecule has 0 heterocycles. The summed E-state index contributed by atoms with van der Waals surface area (Å²) in [7, 11) is -1.68. The van der Waals surface area contributed by atoms with Gasteiger partial charge in [0.15, 0.2) is 0 Å². The molecule has 0 aromatic rings. The molecule has 0 bridgehead atoms. The minimum Gasteiger partial charge on any atom is -0.544 e. The summed E-state index contributed by atoms with van der Waals surface area (Å²) in [5, 5.41) is 0.259. The molecule has 0 aromatic carbocycles. The molecule has 0 atom stereocenters. The van der Waals surface area contributed by atoms with Crippen molar-refractivity contribution in [3.8, 4) is 0 Å². The van der Waals surface area contributed by atoms with E-state index in [-0.39, 0.29) is 5.04 Å². The summed E-state index contributed by atoms with van der Waals surface area (Å²) in [4.78, 5) is 0. The normalized spacial score (nSPS) is 17.5. The fourth-order valence-electron chi connectivity index (χ4n) is 1.45. The highest BCUT2D eigenvalue weighted by Gasteiger charge is 2.39. The van der Waals surface area contributed by atoms with Crippen molar-refractivity contribution in [2.24, 2.45) is 0 Å². The first kappa shape index (κ1) is 12.6. The Balaban J connectivity index is 2.65. The van der Waals surface area contributed by atoms with E-state index in [0.29, 0.717) is 0 Å². The predicted molar refractivity (Wildman–Crippen MR) is 69.4 cm³/mol. The molecule has 1 rings (SSSR count). The number of hydrogen-bond donors (Lipinski definition) is 0. The van der Waals surface area contributed by atoms with E-state index in [1.165, 1.54) is 18.4 Å². The van der Waals surface area contributed by atoms with Crippen LogP contribution in [0.4, 0.5) is 0 Å². The zero-order valence-corrected chi connectivity index (χ0v) is 11.8. The molecule has 0 radical (unpaired) electrons. The zero-order chi connectivity index (χ0) is 11.7. The third-order valence-corrected chi connectivity index (χ3v) is 7.95. The monoisotopic (exact) mass is 224 g/mol. The number of hydrogen-bond acceptors (Lipinski definition) is 1. The van der Waals surface area contributed by atoms with Crippen molar-refractivity contribution < 1.29 is 4.43 Å². The van der Waals surface area contributed by atoms with Crippen molar-refractivity contribution in [3.05, 3.63) is 24.0 Å². The zero-order valence-electron chi connectivity index (χ0n) is 10.8. The molecule has 2 heteroatoms. The summed E-state index contributed by atoms with van der Waals surface area (Å²) in [6.07, 6.45) is 5.87. The lowest BCUT2D eigenvalue weighted by molar-refractivity contribution is 0.393. The van der Waals surface area contributed by atoms with E-state index in [9.17, 15) is 0 Å². The number of rotatable bonds is 3. The van der Waals surface area contributed by atoms with Gasteiger partial charge in [-0.05, 0) is 43.0 Å². The standard InChI is InChI=1S/C13H24OSi/c1-11(12-9-7-8-10-12)14-15(5,6)13(2,3)4/h9H,1,7-8,10H2,2-6H3. The van der Waals surface area contributed by atoms with Gasteiger partial charge in [0, 0.05) is 0 Å². The Hall–Kier alpha value is -0.503. The molecule has 1 aliphatic carbocycles. The van der Waals surface area contributed by atoms with Crippen LogP contribution in [-0.2, 0) is 4.43 Å². The molecule has 0 aliphatic heterocycles.